The van der Waals surface area contributed by atoms with E-state index in [0.29, 0.717) is 0 Å². The van der Waals surface area contributed by atoms with Gasteiger partial charge in [-0.15, -0.1) is 0 Å². The van der Waals surface area contributed by atoms with E-state index in [-0.39, 0.29) is 0 Å². The molecule has 0 aliphatic carbocycles. The Morgan fingerprint density at radius 3 is 2.89 bits per heavy atom. The summed E-state index contributed by atoms with van der Waals surface area (Å²) in [6.07, 6.45) is 5.22. The van der Waals surface area contributed by atoms with E-state index < -0.39 is 5.97 Å². The Kier molecular flexibility index (Phi) is 3.93. The lowest BCUT2D eigenvalue weighted by Crippen LogP contribution is -2.23. The summed E-state index contributed by atoms with van der Waals surface area (Å²) in [5.74, 6) is 0.833. The van der Waals surface area contributed by atoms with Crippen molar-refractivity contribution in [2.45, 2.75) is 26.7 Å². The zero-order chi connectivity index (χ0) is 14.0. The zero-order valence-electron chi connectivity index (χ0n) is 11.8. The summed E-state index contributed by atoms with van der Waals surface area (Å²) in [5.41, 5.74) is 1.79. The Balaban J connectivity index is 2.32. The van der Waals surface area contributed by atoms with E-state index in [0.717, 1.165) is 36.1 Å². The molecular weight excluding hydrogens is 242 g/mol. The SMILES string of the molecule is CCC1CCN(c2c(/C=C/C(=O)O)c(C)nn2C)C1. The van der Waals surface area contributed by atoms with E-state index >= 15 is 0 Å². The smallest absolute Gasteiger partial charge is 0.328 e. The average molecular weight is 263 g/mol. The van der Waals surface area contributed by atoms with Gasteiger partial charge >= 0.3 is 5.97 Å². The van der Waals surface area contributed by atoms with Gasteiger partial charge in [-0.3, -0.25) is 4.68 Å². The molecule has 1 aromatic rings. The molecule has 0 amide bonds. The number of aryl methyl sites for hydroxylation is 2. The number of carboxylic acid groups (broad SMARTS) is 1. The van der Waals surface area contributed by atoms with Crippen LogP contribution >= 0.6 is 0 Å². The number of nitrogens with zero attached hydrogens (tertiary/aromatic N) is 3. The average Bonchev–Trinajstić information content (AvgIpc) is 2.91. The Morgan fingerprint density at radius 2 is 2.32 bits per heavy atom. The quantitative estimate of drug-likeness (QED) is 0.845. The maximum Gasteiger partial charge on any atom is 0.328 e. The maximum absolute atomic E-state index is 10.7. The molecule has 0 radical (unpaired) electrons. The normalized spacial score (nSPS) is 19.5. The summed E-state index contributed by atoms with van der Waals surface area (Å²) in [6, 6.07) is 0. The van der Waals surface area contributed by atoms with Crippen LogP contribution in [0.4, 0.5) is 5.82 Å². The maximum atomic E-state index is 10.7. The number of hydrogen-bond donors (Lipinski definition) is 1. The molecule has 2 heterocycles. The van der Waals surface area contributed by atoms with Crippen molar-refractivity contribution < 1.29 is 9.90 Å². The predicted octanol–water partition coefficient (Wildman–Crippen LogP) is 2.06. The fraction of sp³-hybridized carbons (Fsp3) is 0.571. The Labute approximate surface area is 113 Å². The van der Waals surface area contributed by atoms with Crippen LogP contribution in [0, 0.1) is 12.8 Å². The highest BCUT2D eigenvalue weighted by Gasteiger charge is 2.25. The van der Waals surface area contributed by atoms with Crippen LogP contribution in [-0.2, 0) is 11.8 Å². The van der Waals surface area contributed by atoms with Crippen molar-refractivity contribution >= 4 is 17.9 Å². The highest BCUT2D eigenvalue weighted by atomic mass is 16.4. The first-order chi connectivity index (χ1) is 9.02. The van der Waals surface area contributed by atoms with Gasteiger partial charge in [0.25, 0.3) is 0 Å². The zero-order valence-corrected chi connectivity index (χ0v) is 11.8. The molecule has 0 bridgehead atoms. The fourth-order valence-corrected chi connectivity index (χ4v) is 2.75. The van der Waals surface area contributed by atoms with Crippen molar-refractivity contribution in [2.75, 3.05) is 18.0 Å². The molecule has 1 saturated heterocycles. The molecule has 5 nitrogen and oxygen atoms in total. The number of aromatic nitrogens is 2. The molecule has 1 unspecified atom stereocenters. The molecule has 104 valence electrons. The van der Waals surface area contributed by atoms with Crippen molar-refractivity contribution in [3.05, 3.63) is 17.3 Å². The van der Waals surface area contributed by atoms with Gasteiger partial charge in [-0.1, -0.05) is 13.3 Å². The second kappa shape index (κ2) is 5.47. The third-order valence-corrected chi connectivity index (χ3v) is 3.79. The molecule has 1 atom stereocenters. The lowest BCUT2D eigenvalue weighted by molar-refractivity contribution is -0.131. The number of carboxylic acids is 1. The second-order valence-corrected chi connectivity index (χ2v) is 5.13. The molecule has 0 aromatic carbocycles. The largest absolute Gasteiger partial charge is 0.478 e. The number of aliphatic carboxylic acids is 1. The summed E-state index contributed by atoms with van der Waals surface area (Å²) >= 11 is 0. The summed E-state index contributed by atoms with van der Waals surface area (Å²) in [7, 11) is 1.92. The van der Waals surface area contributed by atoms with Gasteiger partial charge < -0.3 is 10.0 Å². The number of hydrogen-bond acceptors (Lipinski definition) is 3. The molecule has 0 spiro atoms. The van der Waals surface area contributed by atoms with Crippen molar-refractivity contribution in [1.29, 1.82) is 0 Å². The van der Waals surface area contributed by atoms with Gasteiger partial charge in [0.15, 0.2) is 0 Å². The summed E-state index contributed by atoms with van der Waals surface area (Å²) in [6.45, 7) is 6.18. The van der Waals surface area contributed by atoms with Crippen LogP contribution in [0.1, 0.15) is 31.0 Å². The first kappa shape index (κ1) is 13.6. The topological polar surface area (TPSA) is 58.4 Å². The second-order valence-electron chi connectivity index (χ2n) is 5.13. The molecule has 5 heteroatoms. The van der Waals surface area contributed by atoms with Crippen LogP contribution in [0.5, 0.6) is 0 Å². The van der Waals surface area contributed by atoms with E-state index in [1.54, 1.807) is 6.08 Å². The molecule has 1 aromatic heterocycles. The summed E-state index contributed by atoms with van der Waals surface area (Å²) in [4.78, 5) is 13.0. The van der Waals surface area contributed by atoms with Crippen LogP contribution in [0.3, 0.4) is 0 Å². The monoisotopic (exact) mass is 263 g/mol. The highest BCUT2D eigenvalue weighted by molar-refractivity contribution is 5.87. The van der Waals surface area contributed by atoms with Gasteiger partial charge in [-0.25, -0.2) is 4.79 Å². The summed E-state index contributed by atoms with van der Waals surface area (Å²) in [5, 5.41) is 13.2. The van der Waals surface area contributed by atoms with E-state index in [4.69, 9.17) is 5.11 Å². The lowest BCUT2D eigenvalue weighted by Gasteiger charge is -2.19. The van der Waals surface area contributed by atoms with Crippen LogP contribution in [0.25, 0.3) is 6.08 Å². The first-order valence-corrected chi connectivity index (χ1v) is 6.72. The van der Waals surface area contributed by atoms with Crippen LogP contribution in [0.2, 0.25) is 0 Å². The molecular formula is C14H21N3O2. The van der Waals surface area contributed by atoms with Crippen molar-refractivity contribution in [2.24, 2.45) is 13.0 Å². The predicted molar refractivity (Wildman–Crippen MR) is 75.2 cm³/mol. The Morgan fingerprint density at radius 1 is 1.58 bits per heavy atom. The van der Waals surface area contributed by atoms with E-state index in [1.807, 2.05) is 18.7 Å². The molecule has 1 fully saturated rings. The van der Waals surface area contributed by atoms with Gasteiger partial charge in [0, 0.05) is 31.8 Å². The molecule has 0 saturated carbocycles. The molecule has 19 heavy (non-hydrogen) atoms. The third-order valence-electron chi connectivity index (χ3n) is 3.79. The van der Waals surface area contributed by atoms with Gasteiger partial charge in [0.2, 0.25) is 0 Å². The van der Waals surface area contributed by atoms with Crippen LogP contribution in [0.15, 0.2) is 6.08 Å². The lowest BCUT2D eigenvalue weighted by atomic mass is 10.1. The molecule has 1 N–H and O–H groups in total. The minimum Gasteiger partial charge on any atom is -0.478 e. The first-order valence-electron chi connectivity index (χ1n) is 6.72. The van der Waals surface area contributed by atoms with Gasteiger partial charge in [0.1, 0.15) is 5.82 Å². The van der Waals surface area contributed by atoms with Crippen molar-refractivity contribution in [3.63, 3.8) is 0 Å². The molecule has 1 aliphatic rings. The van der Waals surface area contributed by atoms with Gasteiger partial charge in [-0.05, 0) is 25.3 Å². The van der Waals surface area contributed by atoms with E-state index in [1.165, 1.54) is 18.9 Å². The number of carbonyl (C=O) groups is 1. The highest BCUT2D eigenvalue weighted by Crippen LogP contribution is 2.30. The fourth-order valence-electron chi connectivity index (χ4n) is 2.75. The van der Waals surface area contributed by atoms with Gasteiger partial charge in [0.05, 0.1) is 5.69 Å². The number of rotatable bonds is 4. The molecule has 2 rings (SSSR count). The van der Waals surface area contributed by atoms with Crippen LogP contribution < -0.4 is 4.90 Å². The number of anilines is 1. The van der Waals surface area contributed by atoms with Crippen LogP contribution in [-0.4, -0.2) is 33.9 Å². The minimum absolute atomic E-state index is 0.728. The standard InChI is InChI=1S/C14H21N3O2/c1-4-11-7-8-17(9-11)14-12(5-6-13(18)19)10(2)15-16(14)3/h5-6,11H,4,7-9H2,1-3H3,(H,18,19)/b6-5+. The van der Waals surface area contributed by atoms with Crippen molar-refractivity contribution in [1.82, 2.24) is 9.78 Å². The molecule has 1 aliphatic heterocycles. The van der Waals surface area contributed by atoms with E-state index in [2.05, 4.69) is 16.9 Å². The summed E-state index contributed by atoms with van der Waals surface area (Å²) < 4.78 is 1.86. The van der Waals surface area contributed by atoms with Crippen molar-refractivity contribution in [3.8, 4) is 0 Å². The van der Waals surface area contributed by atoms with E-state index in [9.17, 15) is 4.79 Å². The minimum atomic E-state index is -0.929. The third kappa shape index (κ3) is 2.80. The Hall–Kier alpha value is -1.78. The Bertz CT molecular complexity index is 505. The van der Waals surface area contributed by atoms with Gasteiger partial charge in [-0.2, -0.15) is 5.10 Å².